The molecular formula is C46H78O14P2. The van der Waals surface area contributed by atoms with Gasteiger partial charge in [0.1, 0.15) is 12.7 Å². The first-order valence-corrected chi connectivity index (χ1v) is 25.4. The quantitative estimate of drug-likeness (QED) is 0.0127. The lowest BCUT2D eigenvalue weighted by molar-refractivity contribution is -0.161. The maximum Gasteiger partial charge on any atom is 0.472 e. The molecule has 0 aliphatic carbocycles. The highest BCUT2D eigenvalue weighted by molar-refractivity contribution is 7.47. The molecule has 0 rings (SSSR count). The molecule has 0 bridgehead atoms. The van der Waals surface area contributed by atoms with E-state index in [-0.39, 0.29) is 12.8 Å². The topological polar surface area (TPSA) is 216 Å². The number of unbranched alkanes of at least 4 members (excludes halogenated alkanes) is 10. The Balaban J connectivity index is 4.73. The van der Waals surface area contributed by atoms with E-state index in [0.717, 1.165) is 57.8 Å². The summed E-state index contributed by atoms with van der Waals surface area (Å²) in [6, 6.07) is 0. The molecule has 14 nitrogen and oxygen atoms in total. The van der Waals surface area contributed by atoms with Crippen molar-refractivity contribution in [3.63, 3.8) is 0 Å². The summed E-state index contributed by atoms with van der Waals surface area (Å²) in [4.78, 5) is 52.7. The summed E-state index contributed by atoms with van der Waals surface area (Å²) in [5.41, 5.74) is 0. The van der Waals surface area contributed by atoms with E-state index in [0.29, 0.717) is 25.7 Å². The van der Waals surface area contributed by atoms with Crippen LogP contribution in [0.3, 0.4) is 0 Å². The second-order valence-electron chi connectivity index (χ2n) is 14.8. The molecule has 16 heteroatoms. The lowest BCUT2D eigenvalue weighted by Crippen LogP contribution is -2.29. The SMILES string of the molecule is CCCCCCCC/C=C\C/C=C\C/C=C\CCCC(=O)O[C@H](COC(=O)CCC/C=C\C/C=C\C/C=C\C=C\[C@H](O)CCCCC)COP(=O)(O)OC[C@@H](O)COP(=O)(O)O. The van der Waals surface area contributed by atoms with Crippen molar-refractivity contribution in [2.45, 2.75) is 167 Å². The van der Waals surface area contributed by atoms with Crippen LogP contribution in [-0.2, 0) is 41.8 Å². The van der Waals surface area contributed by atoms with Crippen molar-refractivity contribution in [3.8, 4) is 0 Å². The van der Waals surface area contributed by atoms with Crippen LogP contribution in [0.15, 0.2) is 85.1 Å². The summed E-state index contributed by atoms with van der Waals surface area (Å²) in [6.07, 6.45) is 43.4. The third kappa shape index (κ3) is 43.9. The minimum Gasteiger partial charge on any atom is -0.462 e. The molecule has 0 aliphatic heterocycles. The van der Waals surface area contributed by atoms with Crippen molar-refractivity contribution >= 4 is 27.6 Å². The standard InChI is InChI=1S/C46H78O14P2/c1-3-5-7-8-9-10-11-12-13-14-15-16-19-23-26-29-33-37-46(50)60-44(41-59-62(54,55)58-39-43(48)38-57-61(51,52)53)40-56-45(49)36-32-28-25-22-20-17-18-21-24-27-31-35-42(47)34-30-6-4-2/h12-13,15-18,22-27,31,35,42-44,47-48H,3-11,14,19-21,28-30,32-34,36-41H2,1-2H3,(H,54,55)(H2,51,52,53)/b13-12-,16-15-,18-17-,25-22-,26-23-,27-24-,35-31+/t42-,43+,44-/m1/s1. The van der Waals surface area contributed by atoms with Crippen LogP contribution >= 0.6 is 15.6 Å². The van der Waals surface area contributed by atoms with E-state index in [1.165, 1.54) is 38.5 Å². The third-order valence-corrected chi connectivity index (χ3v) is 10.3. The van der Waals surface area contributed by atoms with Gasteiger partial charge in [-0.3, -0.25) is 23.2 Å². The van der Waals surface area contributed by atoms with Gasteiger partial charge in [0, 0.05) is 12.8 Å². The molecule has 0 saturated heterocycles. The predicted molar refractivity (Wildman–Crippen MR) is 245 cm³/mol. The average Bonchev–Trinajstić information content (AvgIpc) is 3.23. The van der Waals surface area contributed by atoms with Gasteiger partial charge in [-0.25, -0.2) is 9.13 Å². The zero-order chi connectivity index (χ0) is 46.0. The Bertz CT molecular complexity index is 1430. The molecule has 0 fully saturated rings. The number of phosphoric acid groups is 2. The first kappa shape index (κ1) is 59.3. The van der Waals surface area contributed by atoms with E-state index in [9.17, 15) is 33.8 Å². The first-order chi connectivity index (χ1) is 29.8. The Morgan fingerprint density at radius 1 is 0.532 bits per heavy atom. The summed E-state index contributed by atoms with van der Waals surface area (Å²) in [7, 11) is -9.73. The van der Waals surface area contributed by atoms with Gasteiger partial charge in [0.2, 0.25) is 0 Å². The fraction of sp³-hybridized carbons (Fsp3) is 0.652. The van der Waals surface area contributed by atoms with Gasteiger partial charge in [0.15, 0.2) is 6.10 Å². The number of allylic oxidation sites excluding steroid dienone is 13. The normalized spacial score (nSPS) is 15.3. The van der Waals surface area contributed by atoms with Crippen LogP contribution in [0.4, 0.5) is 0 Å². The number of carbonyl (C=O) groups is 2. The maximum absolute atomic E-state index is 12.6. The van der Waals surface area contributed by atoms with Gasteiger partial charge in [-0.1, -0.05) is 150 Å². The molecule has 0 saturated carbocycles. The van der Waals surface area contributed by atoms with Crippen molar-refractivity contribution < 1.29 is 66.7 Å². The van der Waals surface area contributed by atoms with Crippen molar-refractivity contribution in [1.29, 1.82) is 0 Å². The number of hydrogen-bond acceptors (Lipinski definition) is 11. The minimum absolute atomic E-state index is 0.0346. The van der Waals surface area contributed by atoms with Gasteiger partial charge in [-0.2, -0.15) is 0 Å². The van der Waals surface area contributed by atoms with Crippen LogP contribution in [-0.4, -0.2) is 81.6 Å². The molecule has 0 spiro atoms. The summed E-state index contributed by atoms with van der Waals surface area (Å²) in [5.74, 6) is -1.19. The molecule has 0 aliphatic rings. The van der Waals surface area contributed by atoms with Gasteiger partial charge >= 0.3 is 27.6 Å². The number of rotatable bonds is 41. The Hall–Kier alpha value is -2.74. The largest absolute Gasteiger partial charge is 0.472 e. The van der Waals surface area contributed by atoms with Gasteiger partial charge < -0.3 is 34.4 Å². The van der Waals surface area contributed by atoms with Crippen LogP contribution in [0.2, 0.25) is 0 Å². The second kappa shape index (κ2) is 41.0. The number of hydrogen-bond donors (Lipinski definition) is 5. The zero-order valence-corrected chi connectivity index (χ0v) is 39.1. The lowest BCUT2D eigenvalue weighted by Gasteiger charge is -2.20. The molecule has 0 aromatic rings. The Morgan fingerprint density at radius 3 is 1.61 bits per heavy atom. The zero-order valence-electron chi connectivity index (χ0n) is 37.3. The van der Waals surface area contributed by atoms with Crippen molar-refractivity contribution in [2.24, 2.45) is 0 Å². The fourth-order valence-corrected chi connectivity index (χ4v) is 6.56. The molecule has 0 amide bonds. The van der Waals surface area contributed by atoms with Crippen LogP contribution < -0.4 is 0 Å². The number of phosphoric ester groups is 2. The highest BCUT2D eigenvalue weighted by Crippen LogP contribution is 2.43. The van der Waals surface area contributed by atoms with Crippen LogP contribution in [0, 0.1) is 0 Å². The molecule has 356 valence electrons. The highest BCUT2D eigenvalue weighted by Gasteiger charge is 2.28. The number of carbonyl (C=O) groups excluding carboxylic acids is 2. The molecule has 0 aromatic heterocycles. The van der Waals surface area contributed by atoms with Crippen molar-refractivity contribution in [1.82, 2.24) is 0 Å². The second-order valence-corrected chi connectivity index (χ2v) is 17.5. The van der Waals surface area contributed by atoms with E-state index in [2.05, 4.69) is 47.2 Å². The molecule has 1 unspecified atom stereocenters. The summed E-state index contributed by atoms with van der Waals surface area (Å²) < 4.78 is 47.6. The van der Waals surface area contributed by atoms with Crippen molar-refractivity contribution in [3.05, 3.63) is 85.1 Å². The smallest absolute Gasteiger partial charge is 0.462 e. The van der Waals surface area contributed by atoms with Gasteiger partial charge in [0.05, 0.1) is 25.9 Å². The maximum atomic E-state index is 12.6. The van der Waals surface area contributed by atoms with Crippen LogP contribution in [0.25, 0.3) is 0 Å². The lowest BCUT2D eigenvalue weighted by atomic mass is 10.1. The molecular weight excluding hydrogens is 838 g/mol. The summed E-state index contributed by atoms with van der Waals surface area (Å²) in [6.45, 7) is 1.48. The van der Waals surface area contributed by atoms with Gasteiger partial charge in [-0.05, 0) is 70.6 Å². The van der Waals surface area contributed by atoms with E-state index in [4.69, 9.17) is 23.8 Å². The number of ether oxygens (including phenoxy) is 2. The van der Waals surface area contributed by atoms with Crippen molar-refractivity contribution in [2.75, 3.05) is 26.4 Å². The highest BCUT2D eigenvalue weighted by atomic mass is 31.2. The molecule has 4 atom stereocenters. The van der Waals surface area contributed by atoms with E-state index < -0.39 is 72.3 Å². The van der Waals surface area contributed by atoms with Crippen LogP contribution in [0.5, 0.6) is 0 Å². The van der Waals surface area contributed by atoms with Gasteiger partial charge in [0.25, 0.3) is 0 Å². The van der Waals surface area contributed by atoms with E-state index >= 15 is 0 Å². The van der Waals surface area contributed by atoms with E-state index in [1.807, 2.05) is 54.7 Å². The Morgan fingerprint density at radius 2 is 1.02 bits per heavy atom. The monoisotopic (exact) mass is 916 g/mol. The molecule has 0 heterocycles. The Kier molecular flexibility index (Phi) is 39.2. The first-order valence-electron chi connectivity index (χ1n) is 22.4. The molecule has 0 radical (unpaired) electrons. The van der Waals surface area contributed by atoms with E-state index in [1.54, 1.807) is 6.08 Å². The Labute approximate surface area is 371 Å². The van der Waals surface area contributed by atoms with Gasteiger partial charge in [-0.15, -0.1) is 0 Å². The predicted octanol–water partition coefficient (Wildman–Crippen LogP) is 10.5. The molecule has 5 N–H and O–H groups in total. The number of aliphatic hydroxyl groups excluding tert-OH is 2. The van der Waals surface area contributed by atoms with Crippen LogP contribution in [0.1, 0.15) is 149 Å². The summed E-state index contributed by atoms with van der Waals surface area (Å²) in [5, 5.41) is 19.6. The molecule has 62 heavy (non-hydrogen) atoms. The minimum atomic E-state index is -4.88. The average molecular weight is 917 g/mol. The number of aliphatic hydroxyl groups is 2. The number of esters is 2. The molecule has 0 aromatic carbocycles. The third-order valence-electron chi connectivity index (χ3n) is 8.85. The summed E-state index contributed by atoms with van der Waals surface area (Å²) >= 11 is 0. The fourth-order valence-electron chi connectivity index (χ4n) is 5.41.